The van der Waals surface area contributed by atoms with Gasteiger partial charge in [-0.3, -0.25) is 0 Å². The van der Waals surface area contributed by atoms with Crippen molar-refractivity contribution >= 4 is 5.69 Å². The van der Waals surface area contributed by atoms with Crippen LogP contribution < -0.4 is 15.4 Å². The van der Waals surface area contributed by atoms with Crippen LogP contribution in [0, 0.1) is 0 Å². The minimum absolute atomic E-state index is 0.211. The average Bonchev–Trinajstić information content (AvgIpc) is 3.22. The quantitative estimate of drug-likeness (QED) is 0.724. The van der Waals surface area contributed by atoms with E-state index in [0.717, 1.165) is 29.5 Å². The molecule has 2 heterocycles. The minimum atomic E-state index is 0.211. The highest BCUT2D eigenvalue weighted by molar-refractivity contribution is 5.69. The second-order valence-electron chi connectivity index (χ2n) is 6.00. The number of nitrogens with one attached hydrogen (secondary N) is 2. The molecular formula is C20H20N4O. The van der Waals surface area contributed by atoms with Crippen molar-refractivity contribution in [3.05, 3.63) is 79.0 Å². The first-order valence-corrected chi connectivity index (χ1v) is 8.21. The van der Waals surface area contributed by atoms with Crippen molar-refractivity contribution in [1.29, 1.82) is 0 Å². The van der Waals surface area contributed by atoms with E-state index in [-0.39, 0.29) is 6.04 Å². The smallest absolute Gasteiger partial charge is 0.119 e. The summed E-state index contributed by atoms with van der Waals surface area (Å²) in [6, 6.07) is 16.4. The lowest BCUT2D eigenvalue weighted by atomic mass is 10.0. The summed E-state index contributed by atoms with van der Waals surface area (Å²) < 4.78 is 7.38. The van der Waals surface area contributed by atoms with Gasteiger partial charge in [-0.15, -0.1) is 0 Å². The van der Waals surface area contributed by atoms with E-state index >= 15 is 0 Å². The van der Waals surface area contributed by atoms with Gasteiger partial charge in [0.15, 0.2) is 0 Å². The highest BCUT2D eigenvalue weighted by atomic mass is 16.5. The van der Waals surface area contributed by atoms with Crippen molar-refractivity contribution in [2.24, 2.45) is 0 Å². The standard InChI is InChI=1S/C20H20N4O/c1-14(23-15-7-9-16(25-2)10-8-15)22-12-20-18-6-4-3-5-17(18)19-11-21-13-24(19)20/h3-11,13,20,22-23H,1,12H2,2H3. The van der Waals surface area contributed by atoms with E-state index in [0.29, 0.717) is 0 Å². The highest BCUT2D eigenvalue weighted by Crippen LogP contribution is 2.38. The molecule has 3 aromatic rings. The van der Waals surface area contributed by atoms with Crippen molar-refractivity contribution < 1.29 is 4.74 Å². The lowest BCUT2D eigenvalue weighted by molar-refractivity contribution is 0.415. The summed E-state index contributed by atoms with van der Waals surface area (Å²) in [6.45, 7) is 4.81. The number of hydrogen-bond acceptors (Lipinski definition) is 4. The summed E-state index contributed by atoms with van der Waals surface area (Å²) in [5.41, 5.74) is 4.69. The Bertz CT molecular complexity index is 898. The summed E-state index contributed by atoms with van der Waals surface area (Å²) in [5, 5.41) is 6.66. The molecule has 2 aromatic carbocycles. The van der Waals surface area contributed by atoms with Gasteiger partial charge in [0.05, 0.1) is 37.2 Å². The zero-order valence-electron chi connectivity index (χ0n) is 14.1. The van der Waals surface area contributed by atoms with Gasteiger partial charge in [0.1, 0.15) is 5.75 Å². The van der Waals surface area contributed by atoms with Crippen LogP contribution >= 0.6 is 0 Å². The monoisotopic (exact) mass is 332 g/mol. The molecule has 0 saturated heterocycles. The molecule has 1 aliphatic heterocycles. The molecule has 0 aliphatic carbocycles. The van der Waals surface area contributed by atoms with Gasteiger partial charge in [-0.25, -0.2) is 4.98 Å². The summed E-state index contributed by atoms with van der Waals surface area (Å²) in [6.07, 6.45) is 3.81. The number of aromatic nitrogens is 2. The van der Waals surface area contributed by atoms with Crippen LogP contribution in [-0.2, 0) is 0 Å². The van der Waals surface area contributed by atoms with Crippen molar-refractivity contribution in [3.63, 3.8) is 0 Å². The zero-order chi connectivity index (χ0) is 17.2. The van der Waals surface area contributed by atoms with Gasteiger partial charge in [0.2, 0.25) is 0 Å². The van der Waals surface area contributed by atoms with Gasteiger partial charge in [0.25, 0.3) is 0 Å². The van der Waals surface area contributed by atoms with Crippen LogP contribution in [0.15, 0.2) is 73.5 Å². The average molecular weight is 332 g/mol. The van der Waals surface area contributed by atoms with Crippen molar-refractivity contribution in [1.82, 2.24) is 14.9 Å². The molecule has 0 saturated carbocycles. The van der Waals surface area contributed by atoms with Crippen molar-refractivity contribution in [3.8, 4) is 17.0 Å². The second-order valence-corrected chi connectivity index (χ2v) is 6.00. The Kier molecular flexibility index (Phi) is 3.90. The fourth-order valence-corrected chi connectivity index (χ4v) is 3.25. The molecule has 2 N–H and O–H groups in total. The molecule has 0 fully saturated rings. The number of benzene rings is 2. The van der Waals surface area contributed by atoms with Gasteiger partial charge in [-0.05, 0) is 29.8 Å². The van der Waals surface area contributed by atoms with Crippen molar-refractivity contribution in [2.45, 2.75) is 6.04 Å². The molecule has 126 valence electrons. The third-order valence-corrected chi connectivity index (χ3v) is 4.49. The molecule has 4 rings (SSSR count). The molecule has 1 aliphatic rings. The van der Waals surface area contributed by atoms with Crippen LogP contribution in [0.4, 0.5) is 5.69 Å². The molecule has 1 aromatic heterocycles. The van der Waals surface area contributed by atoms with Gasteiger partial charge >= 0.3 is 0 Å². The number of nitrogens with zero attached hydrogens (tertiary/aromatic N) is 2. The van der Waals surface area contributed by atoms with Crippen molar-refractivity contribution in [2.75, 3.05) is 19.0 Å². The highest BCUT2D eigenvalue weighted by Gasteiger charge is 2.27. The number of rotatable bonds is 6. The fourth-order valence-electron chi connectivity index (χ4n) is 3.25. The van der Waals surface area contributed by atoms with E-state index in [1.807, 2.05) is 36.8 Å². The Hall–Kier alpha value is -3.21. The summed E-state index contributed by atoms with van der Waals surface area (Å²) >= 11 is 0. The number of imidazole rings is 1. The van der Waals surface area contributed by atoms with Crippen LogP contribution in [0.2, 0.25) is 0 Å². The number of anilines is 1. The van der Waals surface area contributed by atoms with E-state index < -0.39 is 0 Å². The predicted molar refractivity (Wildman–Crippen MR) is 99.6 cm³/mol. The minimum Gasteiger partial charge on any atom is -0.497 e. The fraction of sp³-hybridized carbons (Fsp3) is 0.150. The lowest BCUT2D eigenvalue weighted by Crippen LogP contribution is -2.26. The Morgan fingerprint density at radius 3 is 2.80 bits per heavy atom. The Morgan fingerprint density at radius 2 is 2.00 bits per heavy atom. The number of ether oxygens (including phenoxy) is 1. The molecule has 0 radical (unpaired) electrons. The third-order valence-electron chi connectivity index (χ3n) is 4.49. The van der Waals surface area contributed by atoms with Crippen LogP contribution in [0.5, 0.6) is 5.75 Å². The third kappa shape index (κ3) is 2.85. The SMILES string of the molecule is C=C(NCC1c2ccccc2-c2cncn21)Nc1ccc(OC)cc1. The summed E-state index contributed by atoms with van der Waals surface area (Å²) in [7, 11) is 1.66. The van der Waals surface area contributed by atoms with E-state index in [2.05, 4.69) is 51.0 Å². The first kappa shape index (κ1) is 15.3. The maximum Gasteiger partial charge on any atom is 0.119 e. The van der Waals surface area contributed by atoms with Gasteiger partial charge in [0, 0.05) is 17.8 Å². The van der Waals surface area contributed by atoms with Crippen LogP contribution in [-0.4, -0.2) is 23.2 Å². The summed E-state index contributed by atoms with van der Waals surface area (Å²) in [4.78, 5) is 4.29. The topological polar surface area (TPSA) is 51.1 Å². The number of methoxy groups -OCH3 is 1. The molecule has 0 spiro atoms. The lowest BCUT2D eigenvalue weighted by Gasteiger charge is -2.18. The van der Waals surface area contributed by atoms with Gasteiger partial charge in [-0.2, -0.15) is 0 Å². The first-order chi connectivity index (χ1) is 12.3. The molecule has 5 nitrogen and oxygen atoms in total. The molecule has 1 atom stereocenters. The molecule has 1 unspecified atom stereocenters. The molecule has 25 heavy (non-hydrogen) atoms. The maximum atomic E-state index is 5.17. The predicted octanol–water partition coefficient (Wildman–Crippen LogP) is 3.63. The second kappa shape index (κ2) is 6.36. The Labute approximate surface area is 147 Å². The van der Waals surface area contributed by atoms with Crippen LogP contribution in [0.3, 0.4) is 0 Å². The number of hydrogen-bond donors (Lipinski definition) is 2. The van der Waals surface area contributed by atoms with E-state index in [4.69, 9.17) is 4.74 Å². The Morgan fingerprint density at radius 1 is 1.20 bits per heavy atom. The van der Waals surface area contributed by atoms with Crippen LogP contribution in [0.25, 0.3) is 11.3 Å². The number of fused-ring (bicyclic) bond motifs is 3. The molecular weight excluding hydrogens is 312 g/mol. The molecule has 5 heteroatoms. The zero-order valence-corrected chi connectivity index (χ0v) is 14.1. The summed E-state index contributed by atoms with van der Waals surface area (Å²) in [5.74, 6) is 1.59. The molecule has 0 amide bonds. The van der Waals surface area contributed by atoms with E-state index in [1.54, 1.807) is 7.11 Å². The van der Waals surface area contributed by atoms with Crippen LogP contribution in [0.1, 0.15) is 11.6 Å². The largest absolute Gasteiger partial charge is 0.497 e. The van der Waals surface area contributed by atoms with E-state index in [1.165, 1.54) is 11.1 Å². The van der Waals surface area contributed by atoms with E-state index in [9.17, 15) is 0 Å². The first-order valence-electron chi connectivity index (χ1n) is 8.21. The normalized spacial score (nSPS) is 14.5. The molecule has 0 bridgehead atoms. The van der Waals surface area contributed by atoms with Gasteiger partial charge < -0.3 is 19.9 Å². The van der Waals surface area contributed by atoms with Gasteiger partial charge in [-0.1, -0.05) is 30.8 Å². The maximum absolute atomic E-state index is 5.17. The Balaban J connectivity index is 1.44.